The maximum atomic E-state index is 14.1. The maximum Gasteiger partial charge on any atom is 0.146 e. The third-order valence-corrected chi connectivity index (χ3v) is 4.03. The molecule has 0 unspecified atom stereocenters. The number of aliphatic hydroxyl groups is 1. The molecule has 0 saturated carbocycles. The zero-order valence-corrected chi connectivity index (χ0v) is 12.6. The molecule has 3 nitrogen and oxygen atoms in total. The number of nitrogens with zero attached hydrogens (tertiary/aromatic N) is 2. The zero-order chi connectivity index (χ0) is 14.7. The van der Waals surface area contributed by atoms with E-state index in [0.717, 1.165) is 32.5 Å². The first-order valence-electron chi connectivity index (χ1n) is 7.34. The Morgan fingerprint density at radius 1 is 1.35 bits per heavy atom. The van der Waals surface area contributed by atoms with E-state index in [-0.39, 0.29) is 5.82 Å². The number of halogens is 1. The minimum atomic E-state index is -0.621. The fraction of sp³-hybridized carbons (Fsp3) is 0.625. The molecular weight excluding hydrogens is 255 g/mol. The fourth-order valence-corrected chi connectivity index (χ4v) is 2.91. The number of piperidine rings is 1. The van der Waals surface area contributed by atoms with Crippen LogP contribution in [-0.4, -0.2) is 43.7 Å². The second-order valence-corrected chi connectivity index (χ2v) is 6.08. The largest absolute Gasteiger partial charge is 0.389 e. The highest BCUT2D eigenvalue weighted by Gasteiger charge is 2.22. The molecule has 1 aromatic rings. The van der Waals surface area contributed by atoms with Crippen LogP contribution >= 0.6 is 0 Å². The molecule has 112 valence electrons. The SMILES string of the molecule is C[C@@H](O)c1ccc(N2CCC(CN(C)C)CC2)c(F)c1. The fourth-order valence-electron chi connectivity index (χ4n) is 2.91. The van der Waals surface area contributed by atoms with Crippen molar-refractivity contribution in [3.63, 3.8) is 0 Å². The lowest BCUT2D eigenvalue weighted by Crippen LogP contribution is -2.37. The average Bonchev–Trinajstić information content (AvgIpc) is 2.39. The van der Waals surface area contributed by atoms with Crippen molar-refractivity contribution >= 4 is 5.69 Å². The van der Waals surface area contributed by atoms with Crippen LogP contribution in [0.5, 0.6) is 0 Å². The summed E-state index contributed by atoms with van der Waals surface area (Å²) in [4.78, 5) is 4.34. The summed E-state index contributed by atoms with van der Waals surface area (Å²) in [7, 11) is 4.20. The molecule has 1 aliphatic rings. The van der Waals surface area contributed by atoms with Crippen molar-refractivity contribution in [3.8, 4) is 0 Å². The molecule has 1 N–H and O–H groups in total. The lowest BCUT2D eigenvalue weighted by molar-refractivity contribution is 0.199. The Morgan fingerprint density at radius 2 is 2.00 bits per heavy atom. The Hall–Kier alpha value is -1.13. The lowest BCUT2D eigenvalue weighted by Gasteiger charge is -2.35. The summed E-state index contributed by atoms with van der Waals surface area (Å²) in [5, 5.41) is 9.48. The molecule has 0 aromatic heterocycles. The molecule has 0 radical (unpaired) electrons. The highest BCUT2D eigenvalue weighted by molar-refractivity contribution is 5.49. The highest BCUT2D eigenvalue weighted by Crippen LogP contribution is 2.27. The van der Waals surface area contributed by atoms with Gasteiger partial charge in [0.1, 0.15) is 5.82 Å². The Labute approximate surface area is 121 Å². The lowest BCUT2D eigenvalue weighted by atomic mass is 9.96. The van der Waals surface area contributed by atoms with Crippen molar-refractivity contribution in [1.82, 2.24) is 4.90 Å². The third kappa shape index (κ3) is 3.70. The minimum absolute atomic E-state index is 0.227. The Morgan fingerprint density at radius 3 is 2.50 bits per heavy atom. The van der Waals surface area contributed by atoms with E-state index in [4.69, 9.17) is 0 Å². The summed E-state index contributed by atoms with van der Waals surface area (Å²) in [5.41, 5.74) is 1.30. The zero-order valence-electron chi connectivity index (χ0n) is 12.6. The molecule has 20 heavy (non-hydrogen) atoms. The maximum absolute atomic E-state index is 14.1. The number of hydrogen-bond donors (Lipinski definition) is 1. The van der Waals surface area contributed by atoms with Gasteiger partial charge in [0.05, 0.1) is 11.8 Å². The first-order chi connectivity index (χ1) is 9.47. The molecule has 1 aliphatic heterocycles. The van der Waals surface area contributed by atoms with Gasteiger partial charge in [-0.15, -0.1) is 0 Å². The molecule has 2 rings (SSSR count). The van der Waals surface area contributed by atoms with Gasteiger partial charge in [-0.2, -0.15) is 0 Å². The molecule has 4 heteroatoms. The quantitative estimate of drug-likeness (QED) is 0.918. The minimum Gasteiger partial charge on any atom is -0.389 e. The first kappa shape index (κ1) is 15.3. The van der Waals surface area contributed by atoms with Gasteiger partial charge in [0.25, 0.3) is 0 Å². The molecule has 1 heterocycles. The summed E-state index contributed by atoms with van der Waals surface area (Å²) >= 11 is 0. The van der Waals surface area contributed by atoms with Gasteiger partial charge in [0, 0.05) is 19.6 Å². The Balaban J connectivity index is 2.00. The predicted molar refractivity (Wildman–Crippen MR) is 80.5 cm³/mol. The second-order valence-electron chi connectivity index (χ2n) is 6.08. The molecule has 0 bridgehead atoms. The second kappa shape index (κ2) is 6.55. The van der Waals surface area contributed by atoms with E-state index in [1.54, 1.807) is 13.0 Å². The monoisotopic (exact) mass is 280 g/mol. The van der Waals surface area contributed by atoms with Gasteiger partial charge in [0.2, 0.25) is 0 Å². The number of aliphatic hydroxyl groups excluding tert-OH is 1. The van der Waals surface area contributed by atoms with E-state index in [0.29, 0.717) is 17.2 Å². The van der Waals surface area contributed by atoms with Crippen LogP contribution in [0.15, 0.2) is 18.2 Å². The van der Waals surface area contributed by atoms with Crippen molar-refractivity contribution in [1.29, 1.82) is 0 Å². The van der Waals surface area contributed by atoms with Crippen LogP contribution in [0.1, 0.15) is 31.4 Å². The summed E-state index contributed by atoms with van der Waals surface area (Å²) in [6, 6.07) is 5.06. The van der Waals surface area contributed by atoms with E-state index in [9.17, 15) is 9.50 Å². The molecule has 1 fully saturated rings. The summed E-state index contributed by atoms with van der Waals surface area (Å²) in [5.74, 6) is 0.482. The normalized spacial score (nSPS) is 18.6. The van der Waals surface area contributed by atoms with Gasteiger partial charge in [-0.1, -0.05) is 6.07 Å². The Bertz CT molecular complexity index is 440. The number of rotatable bonds is 4. The highest BCUT2D eigenvalue weighted by atomic mass is 19.1. The van der Waals surface area contributed by atoms with E-state index >= 15 is 0 Å². The molecule has 1 aromatic carbocycles. The van der Waals surface area contributed by atoms with Crippen molar-refractivity contribution < 1.29 is 9.50 Å². The van der Waals surface area contributed by atoms with Gasteiger partial charge in [0.15, 0.2) is 0 Å². The summed E-state index contributed by atoms with van der Waals surface area (Å²) in [6.07, 6.45) is 1.59. The van der Waals surface area contributed by atoms with Crippen molar-refractivity contribution in [2.24, 2.45) is 5.92 Å². The number of hydrogen-bond acceptors (Lipinski definition) is 3. The van der Waals surface area contributed by atoms with Gasteiger partial charge in [-0.05, 0) is 57.5 Å². The molecule has 1 saturated heterocycles. The van der Waals surface area contributed by atoms with Crippen molar-refractivity contribution in [2.75, 3.05) is 38.6 Å². The first-order valence-corrected chi connectivity index (χ1v) is 7.34. The number of benzene rings is 1. The van der Waals surface area contributed by atoms with Gasteiger partial charge in [-0.25, -0.2) is 4.39 Å². The van der Waals surface area contributed by atoms with Crippen LogP contribution in [-0.2, 0) is 0 Å². The molecule has 0 spiro atoms. The van der Waals surface area contributed by atoms with Gasteiger partial charge >= 0.3 is 0 Å². The third-order valence-electron chi connectivity index (χ3n) is 4.03. The smallest absolute Gasteiger partial charge is 0.146 e. The van der Waals surface area contributed by atoms with Gasteiger partial charge < -0.3 is 14.9 Å². The van der Waals surface area contributed by atoms with Crippen LogP contribution in [0.3, 0.4) is 0 Å². The molecule has 0 amide bonds. The van der Waals surface area contributed by atoms with Crippen LogP contribution in [0.2, 0.25) is 0 Å². The Kier molecular flexibility index (Phi) is 5.00. The van der Waals surface area contributed by atoms with Crippen LogP contribution < -0.4 is 4.90 Å². The predicted octanol–water partition coefficient (Wildman–Crippen LogP) is 2.66. The molecular formula is C16H25FN2O. The van der Waals surface area contributed by atoms with Crippen LogP contribution in [0.4, 0.5) is 10.1 Å². The van der Waals surface area contributed by atoms with E-state index in [2.05, 4.69) is 23.9 Å². The summed E-state index contributed by atoms with van der Waals surface area (Å²) in [6.45, 7) is 4.57. The average molecular weight is 280 g/mol. The van der Waals surface area contributed by atoms with Crippen molar-refractivity contribution in [2.45, 2.75) is 25.9 Å². The molecule has 1 atom stereocenters. The van der Waals surface area contributed by atoms with E-state index in [1.807, 2.05) is 6.07 Å². The standard InChI is InChI=1S/C16H25FN2O/c1-12(20)14-4-5-16(15(17)10-14)19-8-6-13(7-9-19)11-18(2)3/h4-5,10,12-13,20H,6-9,11H2,1-3H3/t12-/m1/s1. The topological polar surface area (TPSA) is 26.7 Å². The van der Waals surface area contributed by atoms with E-state index < -0.39 is 6.10 Å². The van der Waals surface area contributed by atoms with E-state index in [1.165, 1.54) is 6.07 Å². The van der Waals surface area contributed by atoms with Crippen molar-refractivity contribution in [3.05, 3.63) is 29.6 Å². The summed E-state index contributed by atoms with van der Waals surface area (Å²) < 4.78 is 14.1. The molecule has 0 aliphatic carbocycles. The van der Waals surface area contributed by atoms with Gasteiger partial charge in [-0.3, -0.25) is 0 Å². The number of anilines is 1. The van der Waals surface area contributed by atoms with Crippen LogP contribution in [0, 0.1) is 11.7 Å². The van der Waals surface area contributed by atoms with Crippen LogP contribution in [0.25, 0.3) is 0 Å².